The predicted octanol–water partition coefficient (Wildman–Crippen LogP) is 33.5. The zero-order chi connectivity index (χ0) is 98.6. The van der Waals surface area contributed by atoms with Gasteiger partial charge in [0.2, 0.25) is 5.28 Å². The molecule has 10 nitrogen and oxygen atoms in total. The number of fused-ring (bicyclic) bond motifs is 33. The summed E-state index contributed by atoms with van der Waals surface area (Å²) in [5.41, 5.74) is 38.4. The molecule has 0 N–H and O–H groups in total. The summed E-state index contributed by atoms with van der Waals surface area (Å²) in [4.78, 5) is 28.6. The van der Waals surface area contributed by atoms with Crippen molar-refractivity contribution in [3.63, 3.8) is 0 Å². The zero-order valence-electron chi connectivity index (χ0n) is 81.0. The van der Waals surface area contributed by atoms with Crippen LogP contribution in [0.4, 0.5) is 0 Å². The highest BCUT2D eigenvalue weighted by atomic mass is 79.9. The molecule has 3 atom stereocenters. The van der Waals surface area contributed by atoms with Crippen LogP contribution in [0.3, 0.4) is 0 Å². The first-order chi connectivity index (χ1) is 72.7. The number of halogens is 2. The summed E-state index contributed by atoms with van der Waals surface area (Å²) in [6.45, 7) is 8.47. The molecule has 1 fully saturated rings. The van der Waals surface area contributed by atoms with E-state index in [1.54, 1.807) is 0 Å². The largest absolute Gasteiger partial charge is 0.494 e. The van der Waals surface area contributed by atoms with Crippen molar-refractivity contribution in [1.29, 1.82) is 0 Å². The molecule has 13 heteroatoms. The Morgan fingerprint density at radius 1 is 0.216 bits per heavy atom. The van der Waals surface area contributed by atoms with E-state index >= 15 is 0 Å². The van der Waals surface area contributed by atoms with E-state index in [0.29, 0.717) is 29.1 Å². The first kappa shape index (κ1) is 87.4. The lowest BCUT2D eigenvalue weighted by atomic mass is 9.61. The van der Waals surface area contributed by atoms with Gasteiger partial charge in [0.25, 0.3) is 0 Å². The molecule has 0 bridgehead atoms. The Kier molecular flexibility index (Phi) is 19.7. The second-order valence-corrected chi connectivity index (χ2v) is 41.7. The molecule has 0 amide bonds. The lowest BCUT2D eigenvalue weighted by Crippen LogP contribution is -2.41. The minimum Gasteiger partial charge on any atom is -0.456 e. The Morgan fingerprint density at radius 2 is 0.493 bits per heavy atom. The van der Waals surface area contributed by atoms with Crippen LogP contribution in [0.1, 0.15) is 94.5 Å². The van der Waals surface area contributed by atoms with Crippen LogP contribution >= 0.6 is 27.5 Å². The second-order valence-electron chi connectivity index (χ2n) is 40.4. The van der Waals surface area contributed by atoms with E-state index in [9.17, 15) is 0 Å². The van der Waals surface area contributed by atoms with Crippen LogP contribution in [0.25, 0.3) is 200 Å². The van der Waals surface area contributed by atoms with E-state index in [0.717, 1.165) is 81.6 Å². The van der Waals surface area contributed by atoms with E-state index < -0.39 is 17.9 Å². The average Bonchev–Trinajstić information content (AvgIpc) is 1.53. The van der Waals surface area contributed by atoms with Crippen molar-refractivity contribution < 1.29 is 18.1 Å². The van der Waals surface area contributed by atoms with Crippen LogP contribution in [-0.4, -0.2) is 48.2 Å². The molecular weight excluding hydrogens is 1900 g/mol. The van der Waals surface area contributed by atoms with Crippen molar-refractivity contribution in [3.05, 3.63) is 531 Å². The molecule has 3 unspecified atom stereocenters. The van der Waals surface area contributed by atoms with Gasteiger partial charge in [-0.1, -0.05) is 416 Å². The molecule has 25 aromatic rings. The van der Waals surface area contributed by atoms with Gasteiger partial charge in [0.05, 0.1) is 27.4 Å². The molecule has 148 heavy (non-hydrogen) atoms. The number of hydrogen-bond acceptors (Lipinski definition) is 10. The number of rotatable bonds is 6. The maximum Gasteiger partial charge on any atom is 0.494 e. The number of hydrogen-bond donors (Lipinski definition) is 0. The number of aromatic nitrogens is 6. The van der Waals surface area contributed by atoms with Gasteiger partial charge in [0.1, 0.15) is 22.3 Å². The number of nitrogens with zero attached hydrogens (tertiary/aromatic N) is 6. The van der Waals surface area contributed by atoms with E-state index in [2.05, 4.69) is 404 Å². The Hall–Kier alpha value is -17.2. The van der Waals surface area contributed by atoms with E-state index in [1.807, 2.05) is 109 Å². The average molecular weight is 1980 g/mol. The van der Waals surface area contributed by atoms with Gasteiger partial charge in [0, 0.05) is 53.8 Å². The molecule has 32 rings (SSSR count). The Bertz CT molecular complexity index is 9900. The molecule has 1 aliphatic heterocycles. The van der Waals surface area contributed by atoms with Gasteiger partial charge in [-0.25, -0.2) is 19.9 Å². The van der Waals surface area contributed by atoms with Gasteiger partial charge in [-0.05, 0) is 265 Å². The molecule has 5 heterocycles. The molecule has 1 saturated heterocycles. The van der Waals surface area contributed by atoms with Crippen LogP contribution in [0.2, 0.25) is 5.28 Å². The van der Waals surface area contributed by atoms with Crippen LogP contribution in [0, 0.1) is 0 Å². The summed E-state index contributed by atoms with van der Waals surface area (Å²) in [5.74, 6) is 2.92. The van der Waals surface area contributed by atoms with Crippen molar-refractivity contribution in [2.75, 3.05) is 0 Å². The summed E-state index contributed by atoms with van der Waals surface area (Å²) < 4.78 is 26.4. The van der Waals surface area contributed by atoms with E-state index in [4.69, 9.17) is 44.7 Å². The smallest absolute Gasteiger partial charge is 0.456 e. The second kappa shape index (κ2) is 33.4. The monoisotopic (exact) mass is 1980 g/mol. The Balaban J connectivity index is 0.0000000969. The van der Waals surface area contributed by atoms with Crippen molar-refractivity contribution in [2.45, 2.75) is 55.1 Å². The van der Waals surface area contributed by atoms with Crippen LogP contribution in [0.5, 0.6) is 0 Å². The third-order valence-electron chi connectivity index (χ3n) is 32.3. The third kappa shape index (κ3) is 13.0. The predicted molar refractivity (Wildman–Crippen MR) is 604 cm³/mol. The third-order valence-corrected chi connectivity index (χ3v) is 32.9. The van der Waals surface area contributed by atoms with Crippen molar-refractivity contribution >= 4 is 116 Å². The summed E-state index contributed by atoms with van der Waals surface area (Å²) in [7, 11) is -0.409. The molecule has 0 radical (unpaired) electrons. The van der Waals surface area contributed by atoms with E-state index in [-0.39, 0.29) is 21.9 Å². The zero-order valence-corrected chi connectivity index (χ0v) is 83.3. The quantitative estimate of drug-likeness (QED) is 0.149. The fraction of sp³-hybridized carbons (Fsp3) is 0.0667. The van der Waals surface area contributed by atoms with Gasteiger partial charge in [-0.3, -0.25) is 0 Å². The lowest BCUT2D eigenvalue weighted by Gasteiger charge is -2.40. The fourth-order valence-corrected chi connectivity index (χ4v) is 25.8. The highest BCUT2D eigenvalue weighted by molar-refractivity contribution is 9.10. The summed E-state index contributed by atoms with van der Waals surface area (Å²) >= 11 is 9.91. The topological polar surface area (TPSA) is 122 Å². The molecule has 3 spiro atoms. The summed E-state index contributed by atoms with van der Waals surface area (Å²) in [6, 6.07) is 163. The number of para-hydroxylation sites is 2. The van der Waals surface area contributed by atoms with Crippen LogP contribution in [0.15, 0.2) is 468 Å². The fourth-order valence-electron chi connectivity index (χ4n) is 25.3. The van der Waals surface area contributed by atoms with Crippen molar-refractivity contribution in [3.8, 4) is 124 Å². The SMILES string of the molecule is Brc1ccc2c(c1)C1(c3ccccc3-2)c2ccccc2-c2cccc3cccc1c23.CC1(C)OB(c2ccc3c(c2)C2(c4ccccc4-3)c3ccccc3-c3cccc4cccc2c34)OC1(C)C.Clc1nc(-c2ccccc2)nc(-c2ccc3c(c2)oc2ccccc23)n1.c1ccc(-c2nc(-c3ccc4c(c3)C3(c5ccccc5-4)c4ccccc4-c4cccc5cccc3c45)nc(-c3ccc4c(c3)oc3ccccc34)n2)cc1. The van der Waals surface area contributed by atoms with Crippen molar-refractivity contribution in [2.24, 2.45) is 0 Å². The molecule has 698 valence electrons. The standard InChI is InChI=1S/C50H29N3O.C35H29BO2.C29H17Br.C21H12ClN3O/c1-2-12-31(13-3-1)47-51-48(53-49(52-47)33-25-27-38-37-18-6-9-23-44(37)54-45(38)29-33)32-24-26-36-34-16-4-7-20-40(34)50(43(36)28-32)41-21-8-5-17-35(41)39-19-10-14-30-15-11-22-42(50)46(30)39;1-33(2)34(3,4)38-36(37-33)23-19-20-26-24-13-5-7-16-28(24)35(31(26)21-23)29-17-8-6-14-25(29)27-15-9-11-22-12-10-18-30(35)32(22)27;30-19-15-16-22-20-9-1-3-12-24(20)29(27(22)17-19)25-13-4-2-10-21(25)23-11-5-7-18-8-6-14-26(29)28(18)23;22-21-24-19(13-6-2-1-3-7-13)23-20(25-21)14-10-11-16-15-8-4-5-9-17(15)26-18(16)12-14/h1-29H;5-21H,1-4H3;1-17H;1-12H. The Morgan fingerprint density at radius 3 is 0.899 bits per heavy atom. The molecule has 7 aliphatic rings. The highest BCUT2D eigenvalue weighted by Gasteiger charge is 2.56. The molecule has 4 aromatic heterocycles. The normalized spacial score (nSPS) is 16.6. The van der Waals surface area contributed by atoms with Crippen LogP contribution < -0.4 is 5.46 Å². The number of benzene rings is 21. The Labute approximate surface area is 868 Å². The van der Waals surface area contributed by atoms with Crippen molar-refractivity contribution in [1.82, 2.24) is 29.9 Å². The minimum absolute atomic E-state index is 0.165. The molecule has 6 aliphatic carbocycles. The van der Waals surface area contributed by atoms with Gasteiger partial charge >= 0.3 is 7.12 Å². The first-order valence-electron chi connectivity index (χ1n) is 50.4. The first-order valence-corrected chi connectivity index (χ1v) is 51.6. The maximum absolute atomic E-state index is 6.52. The molecular formula is C135H87BBrClN6O4. The summed E-state index contributed by atoms with van der Waals surface area (Å²) in [6.07, 6.45) is 0. The van der Waals surface area contributed by atoms with Gasteiger partial charge in [0.15, 0.2) is 29.1 Å². The maximum atomic E-state index is 6.52. The lowest BCUT2D eigenvalue weighted by molar-refractivity contribution is 0.00578. The molecule has 21 aromatic carbocycles. The highest BCUT2D eigenvalue weighted by Crippen LogP contribution is 2.67. The van der Waals surface area contributed by atoms with Gasteiger partial charge in [-0.15, -0.1) is 0 Å². The number of furan rings is 2. The van der Waals surface area contributed by atoms with Gasteiger partial charge in [-0.2, -0.15) is 9.97 Å². The molecule has 0 saturated carbocycles. The van der Waals surface area contributed by atoms with Crippen LogP contribution in [-0.2, 0) is 25.6 Å². The van der Waals surface area contributed by atoms with Gasteiger partial charge < -0.3 is 18.1 Å². The van der Waals surface area contributed by atoms with E-state index in [1.165, 1.54) is 166 Å². The minimum atomic E-state index is -0.531. The summed E-state index contributed by atoms with van der Waals surface area (Å²) in [5, 5.41) is 12.3.